The highest BCUT2D eigenvalue weighted by atomic mass is 32.2. The van der Waals surface area contributed by atoms with Gasteiger partial charge in [0.15, 0.2) is 0 Å². The molecule has 1 amide bonds. The van der Waals surface area contributed by atoms with Crippen molar-refractivity contribution < 1.29 is 19.4 Å². The first-order valence-electron chi connectivity index (χ1n) is 14.3. The van der Waals surface area contributed by atoms with E-state index in [0.29, 0.717) is 23.8 Å². The Balaban J connectivity index is 1.82. The highest BCUT2D eigenvalue weighted by Crippen LogP contribution is 2.30. The Bertz CT molecular complexity index is 1030. The quantitative estimate of drug-likeness (QED) is 0.246. The molecule has 0 radical (unpaired) electrons. The summed E-state index contributed by atoms with van der Waals surface area (Å²) < 4.78 is 6.59. The fourth-order valence-corrected chi connectivity index (χ4v) is 5.76. The van der Waals surface area contributed by atoms with Crippen LogP contribution in [-0.4, -0.2) is 47.2 Å². The molecular weight excluding hydrogens is 494 g/mol. The van der Waals surface area contributed by atoms with Crippen molar-refractivity contribution in [3.05, 3.63) is 59.2 Å². The first-order valence-corrected chi connectivity index (χ1v) is 15.7. The monoisotopic (exact) mass is 539 g/mol. The van der Waals surface area contributed by atoms with E-state index in [1.165, 1.54) is 50.5 Å². The van der Waals surface area contributed by atoms with Crippen molar-refractivity contribution >= 4 is 23.6 Å². The first-order chi connectivity index (χ1) is 18.4. The molecule has 2 N–H and O–H groups in total. The average molecular weight is 540 g/mol. The molecule has 1 aliphatic carbocycles. The van der Waals surface area contributed by atoms with Gasteiger partial charge in [0.1, 0.15) is 6.04 Å². The van der Waals surface area contributed by atoms with Gasteiger partial charge in [-0.3, -0.25) is 4.79 Å². The number of aliphatic carboxylic acids is 1. The van der Waals surface area contributed by atoms with Gasteiger partial charge in [0, 0.05) is 5.56 Å². The van der Waals surface area contributed by atoms with Gasteiger partial charge in [-0.15, -0.1) is 0 Å². The molecule has 208 valence electrons. The van der Waals surface area contributed by atoms with Gasteiger partial charge in [0.2, 0.25) is 0 Å². The average Bonchev–Trinajstić information content (AvgIpc) is 2.93. The summed E-state index contributed by atoms with van der Waals surface area (Å²) in [5, 5.41) is 12.4. The number of hydrogen-bond acceptors (Lipinski definition) is 4. The molecule has 0 aliphatic heterocycles. The van der Waals surface area contributed by atoms with Crippen LogP contribution in [0.4, 0.5) is 0 Å². The van der Waals surface area contributed by atoms with Crippen molar-refractivity contribution in [3.8, 4) is 11.1 Å². The van der Waals surface area contributed by atoms with Crippen LogP contribution >= 0.6 is 11.8 Å². The van der Waals surface area contributed by atoms with Crippen LogP contribution in [0.3, 0.4) is 0 Å². The van der Waals surface area contributed by atoms with E-state index >= 15 is 0 Å². The van der Waals surface area contributed by atoms with Gasteiger partial charge in [-0.2, -0.15) is 11.8 Å². The van der Waals surface area contributed by atoms with Gasteiger partial charge in [0.25, 0.3) is 5.91 Å². The van der Waals surface area contributed by atoms with Crippen molar-refractivity contribution in [1.29, 1.82) is 0 Å². The second kappa shape index (κ2) is 15.9. The van der Waals surface area contributed by atoms with Crippen LogP contribution in [0.2, 0.25) is 0 Å². The SMILES string of the molecule is CCCCC(CCc1ccc(C(=O)NC(CCSC)C(=O)O)c(-c2ccccc2C)c1)OC1CCCCC1. The van der Waals surface area contributed by atoms with Crippen LogP contribution in [0, 0.1) is 6.92 Å². The van der Waals surface area contributed by atoms with Crippen molar-refractivity contribution in [2.75, 3.05) is 12.0 Å². The molecule has 0 heterocycles. The maximum Gasteiger partial charge on any atom is 0.326 e. The number of carboxylic acid groups (broad SMARTS) is 1. The zero-order chi connectivity index (χ0) is 27.3. The van der Waals surface area contributed by atoms with Crippen LogP contribution in [0.5, 0.6) is 0 Å². The summed E-state index contributed by atoms with van der Waals surface area (Å²) in [4.78, 5) is 25.1. The second-order valence-electron chi connectivity index (χ2n) is 10.5. The second-order valence-corrected chi connectivity index (χ2v) is 11.5. The Morgan fingerprint density at radius 1 is 1.05 bits per heavy atom. The van der Waals surface area contributed by atoms with E-state index in [1.54, 1.807) is 11.8 Å². The molecular formula is C32H45NO4S. The fourth-order valence-electron chi connectivity index (χ4n) is 5.29. The maximum absolute atomic E-state index is 13.3. The number of unbranched alkanes of at least 4 members (excludes halogenated alkanes) is 1. The molecule has 2 aromatic rings. The maximum atomic E-state index is 13.3. The topological polar surface area (TPSA) is 75.6 Å². The molecule has 2 atom stereocenters. The number of hydrogen-bond donors (Lipinski definition) is 2. The number of thioether (sulfide) groups is 1. The Morgan fingerprint density at radius 2 is 1.82 bits per heavy atom. The molecule has 1 aliphatic rings. The number of ether oxygens (including phenoxy) is 1. The summed E-state index contributed by atoms with van der Waals surface area (Å²) in [5.41, 5.74) is 4.62. The lowest BCUT2D eigenvalue weighted by Crippen LogP contribution is -2.41. The summed E-state index contributed by atoms with van der Waals surface area (Å²) in [6.45, 7) is 4.27. The predicted molar refractivity (Wildman–Crippen MR) is 158 cm³/mol. The van der Waals surface area contributed by atoms with Crippen molar-refractivity contribution in [2.24, 2.45) is 0 Å². The Kier molecular flexibility index (Phi) is 12.7. The Labute approximate surface area is 233 Å². The van der Waals surface area contributed by atoms with E-state index in [9.17, 15) is 14.7 Å². The fraction of sp³-hybridized carbons (Fsp3) is 0.562. The van der Waals surface area contributed by atoms with Crippen LogP contribution < -0.4 is 5.32 Å². The minimum Gasteiger partial charge on any atom is -0.480 e. The molecule has 1 saturated carbocycles. The number of rotatable bonds is 15. The molecule has 5 nitrogen and oxygen atoms in total. The van der Waals surface area contributed by atoms with Crippen LogP contribution in [0.15, 0.2) is 42.5 Å². The van der Waals surface area contributed by atoms with Crippen LogP contribution in [0.25, 0.3) is 11.1 Å². The lowest BCUT2D eigenvalue weighted by atomic mass is 9.92. The molecule has 0 spiro atoms. The van der Waals surface area contributed by atoms with E-state index in [4.69, 9.17) is 4.74 Å². The third-order valence-corrected chi connectivity index (χ3v) is 8.19. The van der Waals surface area contributed by atoms with Gasteiger partial charge in [0.05, 0.1) is 12.2 Å². The lowest BCUT2D eigenvalue weighted by Gasteiger charge is -2.28. The van der Waals surface area contributed by atoms with E-state index in [-0.39, 0.29) is 12.0 Å². The van der Waals surface area contributed by atoms with E-state index in [0.717, 1.165) is 36.0 Å². The Hall–Kier alpha value is -2.31. The third kappa shape index (κ3) is 9.16. The zero-order valence-corrected chi connectivity index (χ0v) is 24.2. The van der Waals surface area contributed by atoms with E-state index < -0.39 is 12.0 Å². The summed E-state index contributed by atoms with van der Waals surface area (Å²) in [7, 11) is 0. The molecule has 6 heteroatoms. The Morgan fingerprint density at radius 3 is 2.50 bits per heavy atom. The lowest BCUT2D eigenvalue weighted by molar-refractivity contribution is -0.139. The van der Waals surface area contributed by atoms with Gasteiger partial charge >= 0.3 is 5.97 Å². The van der Waals surface area contributed by atoms with E-state index in [2.05, 4.69) is 18.3 Å². The summed E-state index contributed by atoms with van der Waals surface area (Å²) >= 11 is 1.57. The largest absolute Gasteiger partial charge is 0.480 e. The van der Waals surface area contributed by atoms with Gasteiger partial charge in [-0.05, 0) is 85.8 Å². The first kappa shape index (κ1) is 30.2. The molecule has 3 rings (SSSR count). The summed E-state index contributed by atoms with van der Waals surface area (Å²) in [5.74, 6) is -0.675. The number of benzene rings is 2. The number of carboxylic acids is 1. The highest BCUT2D eigenvalue weighted by Gasteiger charge is 2.23. The standard InChI is InChI=1S/C32H45NO4S/c1-4-5-12-26(37-25-13-7-6-8-14-25)18-16-24-17-19-28(29(22-24)27-15-10-9-11-23(27)2)31(34)33-30(32(35)36)20-21-38-3/h9-11,15,17,19,22,25-26,30H,4-8,12-14,16,18,20-21H2,1-3H3,(H,33,34)(H,35,36). The molecule has 0 saturated heterocycles. The number of aryl methyl sites for hydroxylation is 2. The number of carbonyl (C=O) groups is 2. The number of amides is 1. The normalized spacial score (nSPS) is 15.7. The molecule has 2 unspecified atom stereocenters. The molecule has 38 heavy (non-hydrogen) atoms. The van der Waals surface area contributed by atoms with Crippen molar-refractivity contribution in [3.63, 3.8) is 0 Å². The summed E-state index contributed by atoms with van der Waals surface area (Å²) in [6, 6.07) is 13.1. The number of nitrogens with one attached hydrogen (secondary N) is 1. The van der Waals surface area contributed by atoms with Gasteiger partial charge in [-0.25, -0.2) is 4.79 Å². The minimum absolute atomic E-state index is 0.260. The molecule has 2 aromatic carbocycles. The van der Waals surface area contributed by atoms with E-state index in [1.807, 2.05) is 49.6 Å². The number of carbonyl (C=O) groups excluding carboxylic acids is 1. The van der Waals surface area contributed by atoms with Crippen molar-refractivity contribution in [2.45, 2.75) is 103 Å². The van der Waals surface area contributed by atoms with Crippen LogP contribution in [-0.2, 0) is 16.0 Å². The van der Waals surface area contributed by atoms with Gasteiger partial charge in [-0.1, -0.05) is 75.4 Å². The molecule has 0 aromatic heterocycles. The third-order valence-electron chi connectivity index (χ3n) is 7.55. The summed E-state index contributed by atoms with van der Waals surface area (Å²) in [6.07, 6.45) is 14.5. The zero-order valence-electron chi connectivity index (χ0n) is 23.3. The highest BCUT2D eigenvalue weighted by molar-refractivity contribution is 7.98. The molecule has 0 bridgehead atoms. The predicted octanol–water partition coefficient (Wildman–Crippen LogP) is 7.44. The minimum atomic E-state index is -1.00. The molecule has 1 fully saturated rings. The van der Waals surface area contributed by atoms with Crippen molar-refractivity contribution in [1.82, 2.24) is 5.32 Å². The smallest absolute Gasteiger partial charge is 0.326 e. The van der Waals surface area contributed by atoms with Gasteiger partial charge < -0.3 is 15.2 Å². The van der Waals surface area contributed by atoms with Crippen LogP contribution in [0.1, 0.15) is 92.6 Å².